The van der Waals surface area contributed by atoms with E-state index >= 15 is 0 Å². The summed E-state index contributed by atoms with van der Waals surface area (Å²) in [4.78, 5) is 9.42. The second-order valence-electron chi connectivity index (χ2n) is 8.59. The quantitative estimate of drug-likeness (QED) is 0.411. The van der Waals surface area contributed by atoms with E-state index in [1.807, 2.05) is 13.0 Å². The third-order valence-electron chi connectivity index (χ3n) is 5.76. The molecule has 2 atom stereocenters. The van der Waals surface area contributed by atoms with Crippen molar-refractivity contribution in [3.63, 3.8) is 0 Å². The minimum absolute atomic E-state index is 0.179. The maximum absolute atomic E-state index is 10.8. The molecule has 2 fully saturated rings. The molecule has 0 radical (unpaired) electrons. The van der Waals surface area contributed by atoms with Crippen molar-refractivity contribution in [2.24, 2.45) is 4.99 Å². The fourth-order valence-corrected chi connectivity index (χ4v) is 4.20. The lowest BCUT2D eigenvalue weighted by atomic mass is 10.1. The van der Waals surface area contributed by atoms with E-state index in [1.165, 1.54) is 19.3 Å². The zero-order valence-corrected chi connectivity index (χ0v) is 18.6. The summed E-state index contributed by atoms with van der Waals surface area (Å²) >= 11 is 0. The van der Waals surface area contributed by atoms with Crippen molar-refractivity contribution in [3.8, 4) is 0 Å². The van der Waals surface area contributed by atoms with Crippen LogP contribution in [0.4, 0.5) is 0 Å². The number of hydrogen-bond donors (Lipinski definition) is 3. The lowest BCUT2D eigenvalue weighted by Crippen LogP contribution is -2.48. The van der Waals surface area contributed by atoms with Crippen molar-refractivity contribution < 1.29 is 14.3 Å². The molecule has 3 N–H and O–H groups in total. The largest absolute Gasteiger partial charge is 0.468 e. The molecule has 0 amide bonds. The maximum Gasteiger partial charge on any atom is 0.191 e. The number of morpholine rings is 1. The van der Waals surface area contributed by atoms with Crippen molar-refractivity contribution in [1.82, 2.24) is 20.4 Å². The number of furan rings is 1. The van der Waals surface area contributed by atoms with Crippen LogP contribution in [0.3, 0.4) is 0 Å². The number of nitrogens with one attached hydrogen (secondary N) is 2. The van der Waals surface area contributed by atoms with Crippen molar-refractivity contribution >= 4 is 5.96 Å². The van der Waals surface area contributed by atoms with E-state index in [1.54, 1.807) is 6.26 Å². The Morgan fingerprint density at radius 1 is 1.20 bits per heavy atom. The molecule has 2 saturated heterocycles. The Morgan fingerprint density at radius 2 is 1.97 bits per heavy atom. The molecule has 0 aromatic carbocycles. The van der Waals surface area contributed by atoms with E-state index in [9.17, 15) is 5.11 Å². The molecule has 30 heavy (non-hydrogen) atoms. The summed E-state index contributed by atoms with van der Waals surface area (Å²) in [5, 5.41) is 17.6. The van der Waals surface area contributed by atoms with Crippen LogP contribution in [0.1, 0.15) is 44.9 Å². The molecule has 2 aliphatic heterocycles. The van der Waals surface area contributed by atoms with Crippen LogP contribution in [0, 0.1) is 0 Å². The van der Waals surface area contributed by atoms with Gasteiger partial charge in [-0.3, -0.25) is 14.8 Å². The maximum atomic E-state index is 10.8. The average Bonchev–Trinajstić information content (AvgIpc) is 3.28. The number of hydrogen-bond acceptors (Lipinski definition) is 6. The molecule has 3 rings (SSSR count). The van der Waals surface area contributed by atoms with Gasteiger partial charge in [0.05, 0.1) is 37.7 Å². The van der Waals surface area contributed by atoms with Crippen LogP contribution in [0.2, 0.25) is 0 Å². The minimum atomic E-state index is -0.882. The predicted octanol–water partition coefficient (Wildman–Crippen LogP) is 1.44. The van der Waals surface area contributed by atoms with Crippen LogP contribution in [-0.2, 0) is 4.74 Å². The Balaban J connectivity index is 1.58. The third-order valence-corrected chi connectivity index (χ3v) is 5.76. The number of likely N-dealkylation sites (tertiary alicyclic amines) is 1. The van der Waals surface area contributed by atoms with Gasteiger partial charge in [-0.15, -0.1) is 0 Å². The molecule has 8 heteroatoms. The van der Waals surface area contributed by atoms with Crippen LogP contribution < -0.4 is 10.6 Å². The molecule has 8 nitrogen and oxygen atoms in total. The molecule has 0 saturated carbocycles. The molecular formula is C22H39N5O3. The molecule has 1 aromatic rings. The highest BCUT2D eigenvalue weighted by molar-refractivity contribution is 5.79. The third kappa shape index (κ3) is 7.27. The zero-order valence-electron chi connectivity index (χ0n) is 18.6. The molecule has 0 bridgehead atoms. The first-order valence-electron chi connectivity index (χ1n) is 11.4. The van der Waals surface area contributed by atoms with E-state index in [-0.39, 0.29) is 6.04 Å². The van der Waals surface area contributed by atoms with Crippen molar-refractivity contribution in [2.45, 2.75) is 44.8 Å². The molecular weight excluding hydrogens is 382 g/mol. The van der Waals surface area contributed by atoms with Crippen molar-refractivity contribution in [3.05, 3.63) is 24.2 Å². The fourth-order valence-electron chi connectivity index (χ4n) is 4.20. The topological polar surface area (TPSA) is 85.5 Å². The Labute approximate surface area is 180 Å². The van der Waals surface area contributed by atoms with E-state index in [2.05, 4.69) is 38.4 Å². The highest BCUT2D eigenvalue weighted by Gasteiger charge is 2.27. The lowest BCUT2D eigenvalue weighted by Gasteiger charge is -2.34. The van der Waals surface area contributed by atoms with Crippen LogP contribution in [0.25, 0.3) is 0 Å². The Morgan fingerprint density at radius 3 is 2.63 bits per heavy atom. The van der Waals surface area contributed by atoms with E-state index < -0.39 is 5.60 Å². The SMILES string of the molecule is CCNC(=NCC(C)(O)CN1CCOCC1)NCC(c1ccco1)N1CCCCC1. The van der Waals surface area contributed by atoms with Gasteiger partial charge in [0, 0.05) is 32.7 Å². The summed E-state index contributed by atoms with van der Waals surface area (Å²) in [6, 6.07) is 4.19. The van der Waals surface area contributed by atoms with Crippen LogP contribution >= 0.6 is 0 Å². The number of β-amino-alcohol motifs (C(OH)–C–C–N with tert-alkyl or cyclic N) is 1. The highest BCUT2D eigenvalue weighted by atomic mass is 16.5. The molecule has 1 aromatic heterocycles. The van der Waals surface area contributed by atoms with Gasteiger partial charge < -0.3 is 24.9 Å². The predicted molar refractivity (Wildman–Crippen MR) is 119 cm³/mol. The van der Waals surface area contributed by atoms with Gasteiger partial charge in [-0.25, -0.2) is 0 Å². The van der Waals surface area contributed by atoms with Gasteiger partial charge in [0.25, 0.3) is 0 Å². The molecule has 2 unspecified atom stereocenters. The van der Waals surface area contributed by atoms with Crippen LogP contribution in [0.5, 0.6) is 0 Å². The van der Waals surface area contributed by atoms with Crippen LogP contribution in [-0.4, -0.2) is 92.0 Å². The molecule has 0 spiro atoms. The van der Waals surface area contributed by atoms with Gasteiger partial charge in [0.15, 0.2) is 5.96 Å². The van der Waals surface area contributed by atoms with Gasteiger partial charge in [0.1, 0.15) is 5.76 Å². The Kier molecular flexibility index (Phi) is 8.99. The normalized spacial score (nSPS) is 22.4. The lowest BCUT2D eigenvalue weighted by molar-refractivity contribution is -0.0180. The van der Waals surface area contributed by atoms with Gasteiger partial charge in [-0.2, -0.15) is 0 Å². The zero-order chi connectivity index (χ0) is 21.2. The van der Waals surface area contributed by atoms with E-state index in [4.69, 9.17) is 9.15 Å². The van der Waals surface area contributed by atoms with E-state index in [0.717, 1.165) is 57.7 Å². The van der Waals surface area contributed by atoms with Gasteiger partial charge in [-0.1, -0.05) is 6.42 Å². The smallest absolute Gasteiger partial charge is 0.191 e. The monoisotopic (exact) mass is 421 g/mol. The average molecular weight is 422 g/mol. The molecule has 0 aliphatic carbocycles. The molecule has 170 valence electrons. The van der Waals surface area contributed by atoms with Gasteiger partial charge in [-0.05, 0) is 51.9 Å². The summed E-state index contributed by atoms with van der Waals surface area (Å²) in [6.45, 7) is 11.7. The van der Waals surface area contributed by atoms with Gasteiger partial charge >= 0.3 is 0 Å². The van der Waals surface area contributed by atoms with Crippen LogP contribution in [0.15, 0.2) is 27.8 Å². The highest BCUT2D eigenvalue weighted by Crippen LogP contribution is 2.24. The summed E-state index contributed by atoms with van der Waals surface area (Å²) in [5.74, 6) is 1.72. The molecule has 3 heterocycles. The number of nitrogens with zero attached hydrogens (tertiary/aromatic N) is 3. The number of ether oxygens (including phenoxy) is 1. The first-order valence-corrected chi connectivity index (χ1v) is 11.4. The summed E-state index contributed by atoms with van der Waals surface area (Å²) in [6.07, 6.45) is 5.51. The second-order valence-corrected chi connectivity index (χ2v) is 8.59. The fraction of sp³-hybridized carbons (Fsp3) is 0.773. The molecule has 2 aliphatic rings. The Hall–Kier alpha value is -1.61. The number of piperidine rings is 1. The van der Waals surface area contributed by atoms with Crippen molar-refractivity contribution in [2.75, 3.05) is 65.6 Å². The summed E-state index contributed by atoms with van der Waals surface area (Å²) in [5.41, 5.74) is -0.882. The first kappa shape index (κ1) is 23.1. The standard InChI is InChI=1S/C22H39N5O3/c1-3-23-21(25-17-22(2,28)18-26-11-14-29-15-12-26)24-16-19(20-8-7-13-30-20)27-9-5-4-6-10-27/h7-8,13,19,28H,3-6,9-12,14-18H2,1-2H3,(H2,23,24,25). The number of aliphatic hydroxyl groups is 1. The number of aliphatic imine (C=N–C) groups is 1. The second kappa shape index (κ2) is 11.7. The summed E-state index contributed by atoms with van der Waals surface area (Å²) in [7, 11) is 0. The van der Waals surface area contributed by atoms with E-state index in [0.29, 0.717) is 19.6 Å². The van der Waals surface area contributed by atoms with Gasteiger partial charge in [0.2, 0.25) is 0 Å². The minimum Gasteiger partial charge on any atom is -0.468 e. The van der Waals surface area contributed by atoms with Crippen molar-refractivity contribution in [1.29, 1.82) is 0 Å². The first-order chi connectivity index (χ1) is 14.6. The number of guanidine groups is 1. The number of rotatable bonds is 9. The summed E-state index contributed by atoms with van der Waals surface area (Å²) < 4.78 is 11.1. The Bertz CT molecular complexity index is 623.